The Hall–Kier alpha value is -4.87. The molecular formula is C36H33N3O6S2. The van der Waals surface area contributed by atoms with Gasteiger partial charge in [-0.2, -0.15) is 0 Å². The van der Waals surface area contributed by atoms with E-state index in [2.05, 4.69) is 41.4 Å². The van der Waals surface area contributed by atoms with Crippen LogP contribution in [0.3, 0.4) is 0 Å². The Kier molecular flexibility index (Phi) is 9.74. The van der Waals surface area contributed by atoms with Crippen LogP contribution in [-0.2, 0) is 15.3 Å². The van der Waals surface area contributed by atoms with Gasteiger partial charge in [-0.25, -0.2) is 0 Å². The number of thioether (sulfide) groups is 1. The van der Waals surface area contributed by atoms with Crippen LogP contribution in [0, 0.1) is 0 Å². The average molecular weight is 668 g/mol. The molecule has 0 radical (unpaired) electrons. The fourth-order valence-electron chi connectivity index (χ4n) is 5.48. The molecule has 1 saturated heterocycles. The normalized spacial score (nSPS) is 15.7. The third-order valence-corrected chi connectivity index (χ3v) is 10.0. The minimum absolute atomic E-state index is 0.0676. The van der Waals surface area contributed by atoms with Crippen LogP contribution in [-0.4, -0.2) is 47.8 Å². The highest BCUT2D eigenvalue weighted by Crippen LogP contribution is 2.45. The van der Waals surface area contributed by atoms with Crippen molar-refractivity contribution in [2.45, 2.75) is 35.9 Å². The van der Waals surface area contributed by atoms with Crippen molar-refractivity contribution in [3.8, 4) is 17.2 Å². The fraction of sp³-hybridized carbons (Fsp3) is 0.222. The van der Waals surface area contributed by atoms with Crippen LogP contribution < -0.4 is 19.1 Å². The Morgan fingerprint density at radius 2 is 1.70 bits per heavy atom. The van der Waals surface area contributed by atoms with Crippen LogP contribution in [0.15, 0.2) is 94.8 Å². The monoisotopic (exact) mass is 667 g/mol. The van der Waals surface area contributed by atoms with Crippen molar-refractivity contribution in [1.82, 2.24) is 10.2 Å². The van der Waals surface area contributed by atoms with Gasteiger partial charge < -0.3 is 19.3 Å². The van der Waals surface area contributed by atoms with Crippen molar-refractivity contribution in [1.29, 1.82) is 0 Å². The lowest BCUT2D eigenvalue weighted by atomic mass is 9.95. The zero-order valence-electron chi connectivity index (χ0n) is 26.1. The molecular weight excluding hydrogens is 635 g/mol. The molecule has 1 atom stereocenters. The van der Waals surface area contributed by atoms with Gasteiger partial charge in [0.05, 0.1) is 32.4 Å². The molecule has 47 heavy (non-hydrogen) atoms. The van der Waals surface area contributed by atoms with E-state index in [4.69, 9.17) is 14.2 Å². The van der Waals surface area contributed by atoms with Gasteiger partial charge in [0.1, 0.15) is 11.5 Å². The molecule has 240 valence electrons. The summed E-state index contributed by atoms with van der Waals surface area (Å²) < 4.78 is 17.2. The molecule has 5 aromatic rings. The quantitative estimate of drug-likeness (QED) is 0.0356. The molecule has 0 unspecified atom stereocenters. The van der Waals surface area contributed by atoms with Crippen molar-refractivity contribution in [2.24, 2.45) is 0 Å². The highest BCUT2D eigenvalue weighted by atomic mass is 32.2. The standard InChI is InChI=1S/C36H33N3O6S2/c1-4-5-19-45-26-16-13-23(14-17-26)31-30(32(40)24-15-18-28(43-2)29(20-24)44-3)33(41)34(42)39(31)35-37-38-36(47-35)46-21-25-11-8-10-22-9-6-7-12-27(22)25/h6-18,20,31,40H,4-5,19,21H2,1-3H3/t31-/m1/s1. The van der Waals surface area contributed by atoms with Crippen LogP contribution in [0.5, 0.6) is 17.2 Å². The number of ketones is 1. The average Bonchev–Trinajstić information content (AvgIpc) is 3.68. The fourth-order valence-corrected chi connectivity index (χ4v) is 7.35. The first-order valence-electron chi connectivity index (χ1n) is 15.1. The van der Waals surface area contributed by atoms with Gasteiger partial charge in [-0.15, -0.1) is 10.2 Å². The summed E-state index contributed by atoms with van der Waals surface area (Å²) in [5.41, 5.74) is 1.99. The van der Waals surface area contributed by atoms with Crippen molar-refractivity contribution in [2.75, 3.05) is 25.7 Å². The summed E-state index contributed by atoms with van der Waals surface area (Å²) in [6.07, 6.45) is 1.93. The van der Waals surface area contributed by atoms with Crippen molar-refractivity contribution < 1.29 is 28.9 Å². The zero-order chi connectivity index (χ0) is 32.9. The SMILES string of the molecule is CCCCOc1ccc([C@@H]2C(=C(O)c3ccc(OC)c(OC)c3)C(=O)C(=O)N2c2nnc(SCc3cccc4ccccc34)s2)cc1. The van der Waals surface area contributed by atoms with Gasteiger partial charge in [0.25, 0.3) is 5.78 Å². The van der Waals surface area contributed by atoms with E-state index in [0.29, 0.717) is 45.1 Å². The summed E-state index contributed by atoms with van der Waals surface area (Å²) in [6, 6.07) is 25.4. The number of fused-ring (bicyclic) bond motifs is 1. The lowest BCUT2D eigenvalue weighted by molar-refractivity contribution is -0.132. The number of anilines is 1. The Morgan fingerprint density at radius 3 is 2.47 bits per heavy atom. The number of aliphatic hydroxyl groups is 1. The van der Waals surface area contributed by atoms with E-state index in [1.165, 1.54) is 42.2 Å². The molecule has 1 aromatic heterocycles. The molecule has 1 fully saturated rings. The van der Waals surface area contributed by atoms with Crippen LogP contribution in [0.2, 0.25) is 0 Å². The number of hydrogen-bond donors (Lipinski definition) is 1. The zero-order valence-corrected chi connectivity index (χ0v) is 27.8. The number of carbonyl (C=O) groups is 2. The second-order valence-corrected chi connectivity index (χ2v) is 13.0. The van der Waals surface area contributed by atoms with Crippen LogP contribution in [0.4, 0.5) is 5.13 Å². The molecule has 1 aliphatic rings. The first kappa shape index (κ1) is 32.1. The molecule has 0 spiro atoms. The lowest BCUT2D eigenvalue weighted by Gasteiger charge is -2.23. The summed E-state index contributed by atoms with van der Waals surface area (Å²) in [5, 5.41) is 22.9. The first-order chi connectivity index (χ1) is 22.9. The topological polar surface area (TPSA) is 111 Å². The van der Waals surface area contributed by atoms with Gasteiger partial charge in [0.15, 0.2) is 15.8 Å². The molecule has 1 aliphatic heterocycles. The number of nitrogens with zero attached hydrogens (tertiary/aromatic N) is 3. The summed E-state index contributed by atoms with van der Waals surface area (Å²) in [7, 11) is 2.99. The Balaban J connectivity index is 1.36. The number of methoxy groups -OCH3 is 2. The van der Waals surface area contributed by atoms with Crippen LogP contribution >= 0.6 is 23.1 Å². The second kappa shape index (κ2) is 14.3. The molecule has 1 N–H and O–H groups in total. The third kappa shape index (κ3) is 6.54. The van der Waals surface area contributed by atoms with E-state index < -0.39 is 17.7 Å². The summed E-state index contributed by atoms with van der Waals surface area (Å²) >= 11 is 2.73. The van der Waals surface area contributed by atoms with E-state index in [1.54, 1.807) is 42.5 Å². The number of aliphatic hydroxyl groups excluding tert-OH is 1. The van der Waals surface area contributed by atoms with Crippen molar-refractivity contribution in [3.63, 3.8) is 0 Å². The number of amides is 1. The minimum atomic E-state index is -0.961. The van der Waals surface area contributed by atoms with Crippen molar-refractivity contribution in [3.05, 3.63) is 107 Å². The van der Waals surface area contributed by atoms with E-state index in [-0.39, 0.29) is 16.5 Å². The number of hydrogen-bond acceptors (Lipinski definition) is 10. The van der Waals surface area contributed by atoms with Crippen molar-refractivity contribution >= 4 is 56.5 Å². The number of unbranched alkanes of at least 4 members (excludes halogenated alkanes) is 1. The summed E-state index contributed by atoms with van der Waals surface area (Å²) in [5.74, 6) is 0.178. The van der Waals surface area contributed by atoms with Gasteiger partial charge in [-0.1, -0.05) is 91.0 Å². The van der Waals surface area contributed by atoms with Gasteiger partial charge >= 0.3 is 5.91 Å². The first-order valence-corrected chi connectivity index (χ1v) is 16.9. The van der Waals surface area contributed by atoms with E-state index in [1.807, 2.05) is 18.2 Å². The highest BCUT2D eigenvalue weighted by molar-refractivity contribution is 8.00. The third-order valence-electron chi connectivity index (χ3n) is 7.90. The smallest absolute Gasteiger partial charge is 0.301 e. The lowest BCUT2D eigenvalue weighted by Crippen LogP contribution is -2.29. The number of carbonyl (C=O) groups excluding carboxylic acids is 2. The maximum absolute atomic E-state index is 13.7. The van der Waals surface area contributed by atoms with Gasteiger partial charge in [-0.3, -0.25) is 14.5 Å². The van der Waals surface area contributed by atoms with Gasteiger partial charge in [-0.05, 0) is 58.7 Å². The predicted octanol–water partition coefficient (Wildman–Crippen LogP) is 7.81. The number of ether oxygens (including phenoxy) is 3. The number of Topliss-reactive ketones (excluding diaryl/α,β-unsaturated/α-hetero) is 1. The van der Waals surface area contributed by atoms with Gasteiger partial charge in [0, 0.05) is 11.3 Å². The molecule has 2 heterocycles. The van der Waals surface area contributed by atoms with E-state index >= 15 is 0 Å². The number of rotatable bonds is 12. The molecule has 9 nitrogen and oxygen atoms in total. The number of aromatic nitrogens is 2. The molecule has 4 aromatic carbocycles. The Morgan fingerprint density at radius 1 is 0.936 bits per heavy atom. The molecule has 1 amide bonds. The second-order valence-electron chi connectivity index (χ2n) is 10.8. The molecule has 0 aliphatic carbocycles. The molecule has 0 bridgehead atoms. The molecule has 11 heteroatoms. The Labute approximate surface area is 280 Å². The summed E-state index contributed by atoms with van der Waals surface area (Å²) in [4.78, 5) is 28.8. The van der Waals surface area contributed by atoms with Gasteiger partial charge in [0.2, 0.25) is 5.13 Å². The minimum Gasteiger partial charge on any atom is -0.507 e. The summed E-state index contributed by atoms with van der Waals surface area (Å²) in [6.45, 7) is 2.67. The number of benzene rings is 4. The van der Waals surface area contributed by atoms with E-state index in [0.717, 1.165) is 29.2 Å². The molecule has 6 rings (SSSR count). The van der Waals surface area contributed by atoms with Crippen LogP contribution in [0.1, 0.15) is 42.5 Å². The van der Waals surface area contributed by atoms with E-state index in [9.17, 15) is 14.7 Å². The largest absolute Gasteiger partial charge is 0.507 e. The Bertz CT molecular complexity index is 1950. The molecule has 0 saturated carbocycles. The highest BCUT2D eigenvalue weighted by Gasteiger charge is 2.48. The maximum Gasteiger partial charge on any atom is 0.301 e. The predicted molar refractivity (Wildman–Crippen MR) is 185 cm³/mol. The van der Waals surface area contributed by atoms with Crippen LogP contribution in [0.25, 0.3) is 16.5 Å². The maximum atomic E-state index is 13.7.